The lowest BCUT2D eigenvalue weighted by molar-refractivity contribution is 0.287. The molecule has 18 heavy (non-hydrogen) atoms. The van der Waals surface area contributed by atoms with E-state index in [2.05, 4.69) is 4.90 Å². The largest absolute Gasteiger partial charge is 0.490 e. The molecule has 0 aromatic heterocycles. The Balaban J connectivity index is 2.91. The maximum absolute atomic E-state index is 6.15. The van der Waals surface area contributed by atoms with Crippen LogP contribution < -0.4 is 15.2 Å². The number of nitrogens with zero attached hydrogens (tertiary/aromatic N) is 1. The van der Waals surface area contributed by atoms with Crippen molar-refractivity contribution < 1.29 is 9.47 Å². The maximum Gasteiger partial charge on any atom is 0.161 e. The molecule has 4 heteroatoms. The van der Waals surface area contributed by atoms with Gasteiger partial charge in [-0.2, -0.15) is 0 Å². The van der Waals surface area contributed by atoms with Gasteiger partial charge < -0.3 is 20.1 Å². The lowest BCUT2D eigenvalue weighted by atomic mass is 10.1. The Labute approximate surface area is 110 Å². The minimum atomic E-state index is -0.0186. The first-order valence-corrected chi connectivity index (χ1v) is 6.38. The first-order chi connectivity index (χ1) is 8.58. The van der Waals surface area contributed by atoms with Gasteiger partial charge in [-0.1, -0.05) is 6.07 Å². The van der Waals surface area contributed by atoms with Gasteiger partial charge in [0.25, 0.3) is 0 Å². The molecule has 1 unspecified atom stereocenters. The average molecular weight is 252 g/mol. The van der Waals surface area contributed by atoms with Crippen LogP contribution in [0.5, 0.6) is 11.5 Å². The topological polar surface area (TPSA) is 47.7 Å². The predicted molar refractivity (Wildman–Crippen MR) is 74.3 cm³/mol. The van der Waals surface area contributed by atoms with E-state index < -0.39 is 0 Å². The Morgan fingerprint density at radius 2 is 1.72 bits per heavy atom. The fraction of sp³-hybridized carbons (Fsp3) is 0.571. The molecule has 0 aliphatic carbocycles. The minimum Gasteiger partial charge on any atom is -0.490 e. The van der Waals surface area contributed by atoms with Gasteiger partial charge in [0.05, 0.1) is 13.2 Å². The van der Waals surface area contributed by atoms with Gasteiger partial charge in [0.2, 0.25) is 0 Å². The number of nitrogens with two attached hydrogens (primary N) is 1. The van der Waals surface area contributed by atoms with E-state index in [0.717, 1.165) is 23.6 Å². The molecular formula is C14H24N2O2. The summed E-state index contributed by atoms with van der Waals surface area (Å²) < 4.78 is 11.1. The molecular weight excluding hydrogens is 228 g/mol. The highest BCUT2D eigenvalue weighted by atomic mass is 16.5. The minimum absolute atomic E-state index is 0.0186. The third-order valence-corrected chi connectivity index (χ3v) is 2.56. The summed E-state index contributed by atoms with van der Waals surface area (Å²) in [6, 6.07) is 5.89. The molecule has 0 radical (unpaired) electrons. The van der Waals surface area contributed by atoms with Crippen LogP contribution >= 0.6 is 0 Å². The normalized spacial score (nSPS) is 12.6. The van der Waals surface area contributed by atoms with Crippen LogP contribution in [-0.2, 0) is 0 Å². The lowest BCUT2D eigenvalue weighted by Crippen LogP contribution is -2.26. The van der Waals surface area contributed by atoms with Gasteiger partial charge >= 0.3 is 0 Å². The molecule has 0 fully saturated rings. The van der Waals surface area contributed by atoms with Crippen molar-refractivity contribution in [3.63, 3.8) is 0 Å². The zero-order chi connectivity index (χ0) is 13.5. The average Bonchev–Trinajstić information content (AvgIpc) is 2.31. The zero-order valence-electron chi connectivity index (χ0n) is 11.8. The standard InChI is InChI=1S/C14H24N2O2/c1-5-17-13-8-7-11(9-14(13)18-6-2)12(15)10-16(3)4/h7-9,12H,5-6,10,15H2,1-4H3. The highest BCUT2D eigenvalue weighted by Crippen LogP contribution is 2.30. The quantitative estimate of drug-likeness (QED) is 0.807. The molecule has 1 aromatic rings. The Hall–Kier alpha value is -1.26. The summed E-state index contributed by atoms with van der Waals surface area (Å²) in [7, 11) is 4.02. The van der Waals surface area contributed by atoms with Crippen molar-refractivity contribution in [1.29, 1.82) is 0 Å². The molecule has 0 heterocycles. The van der Waals surface area contributed by atoms with E-state index in [0.29, 0.717) is 13.2 Å². The van der Waals surface area contributed by atoms with E-state index in [4.69, 9.17) is 15.2 Å². The molecule has 0 bridgehead atoms. The van der Waals surface area contributed by atoms with Crippen molar-refractivity contribution in [3.05, 3.63) is 23.8 Å². The zero-order valence-corrected chi connectivity index (χ0v) is 11.8. The summed E-state index contributed by atoms with van der Waals surface area (Å²) in [5, 5.41) is 0. The number of likely N-dealkylation sites (N-methyl/N-ethyl adjacent to an activating group) is 1. The van der Waals surface area contributed by atoms with Gasteiger partial charge in [0, 0.05) is 12.6 Å². The number of hydrogen-bond acceptors (Lipinski definition) is 4. The summed E-state index contributed by atoms with van der Waals surface area (Å²) in [4.78, 5) is 2.07. The van der Waals surface area contributed by atoms with Crippen LogP contribution in [0.3, 0.4) is 0 Å². The van der Waals surface area contributed by atoms with Crippen molar-refractivity contribution >= 4 is 0 Å². The second kappa shape index (κ2) is 7.24. The van der Waals surface area contributed by atoms with Gasteiger partial charge in [0.15, 0.2) is 11.5 Å². The second-order valence-corrected chi connectivity index (χ2v) is 4.44. The first kappa shape index (κ1) is 14.8. The highest BCUT2D eigenvalue weighted by Gasteiger charge is 2.11. The van der Waals surface area contributed by atoms with Crippen molar-refractivity contribution in [2.24, 2.45) is 5.73 Å². The fourth-order valence-electron chi connectivity index (χ4n) is 1.80. The molecule has 1 atom stereocenters. The number of benzene rings is 1. The van der Waals surface area contributed by atoms with E-state index >= 15 is 0 Å². The molecule has 0 aliphatic rings. The SMILES string of the molecule is CCOc1ccc(C(N)CN(C)C)cc1OCC. The van der Waals surface area contributed by atoms with Crippen molar-refractivity contribution in [1.82, 2.24) is 4.90 Å². The Bertz CT molecular complexity index is 367. The van der Waals surface area contributed by atoms with Crippen LogP contribution in [0, 0.1) is 0 Å². The summed E-state index contributed by atoms with van der Waals surface area (Å²) in [6.07, 6.45) is 0. The van der Waals surface area contributed by atoms with Crippen LogP contribution in [0.2, 0.25) is 0 Å². The lowest BCUT2D eigenvalue weighted by Gasteiger charge is -2.19. The van der Waals surface area contributed by atoms with Crippen LogP contribution in [-0.4, -0.2) is 38.8 Å². The third kappa shape index (κ3) is 4.20. The summed E-state index contributed by atoms with van der Waals surface area (Å²) in [6.45, 7) is 5.97. The molecule has 1 rings (SSSR count). The Kier molecular flexibility index (Phi) is 5.95. The summed E-state index contributed by atoms with van der Waals surface area (Å²) in [5.41, 5.74) is 7.21. The Morgan fingerprint density at radius 1 is 1.11 bits per heavy atom. The van der Waals surface area contributed by atoms with Crippen LogP contribution in [0.15, 0.2) is 18.2 Å². The number of rotatable bonds is 7. The highest BCUT2D eigenvalue weighted by molar-refractivity contribution is 5.44. The molecule has 4 nitrogen and oxygen atoms in total. The van der Waals surface area contributed by atoms with Crippen molar-refractivity contribution in [2.75, 3.05) is 33.9 Å². The number of ether oxygens (including phenoxy) is 2. The van der Waals surface area contributed by atoms with Gasteiger partial charge in [-0.05, 0) is 45.6 Å². The van der Waals surface area contributed by atoms with Gasteiger partial charge in [0.1, 0.15) is 0 Å². The van der Waals surface area contributed by atoms with Crippen LogP contribution in [0.4, 0.5) is 0 Å². The first-order valence-electron chi connectivity index (χ1n) is 6.38. The molecule has 1 aromatic carbocycles. The Morgan fingerprint density at radius 3 is 2.28 bits per heavy atom. The molecule has 0 amide bonds. The molecule has 2 N–H and O–H groups in total. The molecule has 0 spiro atoms. The van der Waals surface area contributed by atoms with E-state index in [9.17, 15) is 0 Å². The van der Waals surface area contributed by atoms with E-state index in [-0.39, 0.29) is 6.04 Å². The fourth-order valence-corrected chi connectivity index (χ4v) is 1.80. The van der Waals surface area contributed by atoms with Gasteiger partial charge in [-0.15, -0.1) is 0 Å². The summed E-state index contributed by atoms with van der Waals surface area (Å²) in [5.74, 6) is 1.55. The van der Waals surface area contributed by atoms with E-state index in [1.54, 1.807) is 0 Å². The van der Waals surface area contributed by atoms with E-state index in [1.807, 2.05) is 46.1 Å². The molecule has 102 valence electrons. The predicted octanol–water partition coefficient (Wildman–Crippen LogP) is 2.05. The monoisotopic (exact) mass is 252 g/mol. The van der Waals surface area contributed by atoms with Crippen molar-refractivity contribution in [2.45, 2.75) is 19.9 Å². The van der Waals surface area contributed by atoms with Crippen molar-refractivity contribution in [3.8, 4) is 11.5 Å². The van der Waals surface area contributed by atoms with Gasteiger partial charge in [-0.25, -0.2) is 0 Å². The van der Waals surface area contributed by atoms with Crippen LogP contribution in [0.25, 0.3) is 0 Å². The molecule has 0 saturated carbocycles. The molecule has 0 saturated heterocycles. The second-order valence-electron chi connectivity index (χ2n) is 4.44. The van der Waals surface area contributed by atoms with Crippen LogP contribution in [0.1, 0.15) is 25.5 Å². The van der Waals surface area contributed by atoms with E-state index in [1.165, 1.54) is 0 Å². The smallest absolute Gasteiger partial charge is 0.161 e. The van der Waals surface area contributed by atoms with Gasteiger partial charge in [-0.3, -0.25) is 0 Å². The number of hydrogen-bond donors (Lipinski definition) is 1. The summed E-state index contributed by atoms with van der Waals surface area (Å²) >= 11 is 0. The third-order valence-electron chi connectivity index (χ3n) is 2.56. The molecule has 0 aliphatic heterocycles. The maximum atomic E-state index is 6.15.